The van der Waals surface area contributed by atoms with Gasteiger partial charge in [0.15, 0.2) is 0 Å². The molecule has 0 radical (unpaired) electrons. The highest BCUT2D eigenvalue weighted by Crippen LogP contribution is 2.42. The molecule has 0 atom stereocenters. The molecule has 332 valence electrons. The van der Waals surface area contributed by atoms with Crippen LogP contribution in [-0.4, -0.2) is 25.4 Å². The summed E-state index contributed by atoms with van der Waals surface area (Å²) in [4.78, 5) is 10.9. The largest absolute Gasteiger partial charge is 0.460 e. The van der Waals surface area contributed by atoms with E-state index < -0.39 is 0 Å². The van der Waals surface area contributed by atoms with Crippen molar-refractivity contribution >= 4 is 99.8 Å². The third-order valence-electron chi connectivity index (χ3n) is 13.4. The summed E-state index contributed by atoms with van der Waals surface area (Å²) < 4.78 is 13.4. The summed E-state index contributed by atoms with van der Waals surface area (Å²) in [6.07, 6.45) is 9.60. The van der Waals surface area contributed by atoms with E-state index in [9.17, 15) is 0 Å². The fourth-order valence-corrected chi connectivity index (χ4v) is 10.3. The van der Waals surface area contributed by atoms with E-state index in [1.165, 1.54) is 27.9 Å². The number of aliphatic imine (C=N–C) groups is 2. The topological polar surface area (TPSA) is 78.7 Å². The molecule has 13 rings (SSSR count). The monoisotopic (exact) mass is 892 g/mol. The highest BCUT2D eigenvalue weighted by molar-refractivity contribution is 6.27. The van der Waals surface area contributed by atoms with Crippen LogP contribution in [0.5, 0.6) is 0 Å². The number of hydrogen-bond donors (Lipinski definition) is 1. The molecule has 0 saturated heterocycles. The summed E-state index contributed by atoms with van der Waals surface area (Å²) in [5.74, 6) is 1.57. The third kappa shape index (κ3) is 6.89. The van der Waals surface area contributed by atoms with E-state index in [0.29, 0.717) is 11.7 Å². The molecule has 0 aliphatic heterocycles. The summed E-state index contributed by atoms with van der Waals surface area (Å²) in [6, 6.07) is 64.7. The Bertz CT molecular complexity index is 4110. The molecule has 0 unspecified atom stereocenters. The Hall–Kier alpha value is -8.94. The Balaban J connectivity index is 0.00000119. The number of benzene rings is 8. The van der Waals surface area contributed by atoms with Crippen molar-refractivity contribution in [3.8, 4) is 11.4 Å². The van der Waals surface area contributed by atoms with Crippen LogP contribution in [0.15, 0.2) is 221 Å². The van der Waals surface area contributed by atoms with Gasteiger partial charge >= 0.3 is 0 Å². The summed E-state index contributed by atoms with van der Waals surface area (Å²) >= 11 is 0. The number of allylic oxidation sites excluding steroid dienone is 2. The minimum atomic E-state index is 0.530. The lowest BCUT2D eigenvalue weighted by Crippen LogP contribution is -2.13. The summed E-state index contributed by atoms with van der Waals surface area (Å²) in [5.41, 5.74) is 19.1. The van der Waals surface area contributed by atoms with Crippen LogP contribution in [0.25, 0.3) is 99.5 Å². The fraction of sp³-hybridized carbons (Fsp3) is 0.0645. The second-order valence-electron chi connectivity index (χ2n) is 17.5. The maximum Gasteiger partial charge on any atom is 0.235 e. The smallest absolute Gasteiger partial charge is 0.235 e. The fourth-order valence-electron chi connectivity index (χ4n) is 10.3. The molecule has 7 nitrogen and oxygen atoms in total. The molecule has 0 spiro atoms. The summed E-state index contributed by atoms with van der Waals surface area (Å²) in [7, 11) is 0. The average Bonchev–Trinajstić information content (AvgIpc) is 4.15. The van der Waals surface area contributed by atoms with Crippen LogP contribution in [0, 0.1) is 0 Å². The predicted octanol–water partition coefficient (Wildman–Crippen LogP) is 15.6. The Morgan fingerprint density at radius 3 is 1.90 bits per heavy atom. The van der Waals surface area contributed by atoms with Gasteiger partial charge in [-0.3, -0.25) is 4.57 Å². The Kier molecular flexibility index (Phi) is 10.3. The zero-order chi connectivity index (χ0) is 46.6. The van der Waals surface area contributed by atoms with Crippen LogP contribution in [0.3, 0.4) is 0 Å². The number of hydrogen-bond acceptors (Lipinski definition) is 3. The van der Waals surface area contributed by atoms with E-state index in [0.717, 1.165) is 107 Å². The van der Waals surface area contributed by atoms with Gasteiger partial charge < -0.3 is 19.3 Å². The second kappa shape index (κ2) is 17.0. The molecule has 8 aromatic carbocycles. The maximum absolute atomic E-state index is 6.31. The number of nitrogens with zero attached hydrogens (tertiary/aromatic N) is 5. The SMILES string of the molecule is C/C=C/N.C=C(N=C(/N=C(\C)c1ccc2oc3c(c2c1)C=CCC3)n1c2ccccc2c2ccc3c4ccccc4n(-c4ccc5c(c4)c4ccccc4n5-c4ccccc4)c3c21)c1ccccc1. The molecular weight excluding hydrogens is 845 g/mol. The number of aromatic nitrogens is 3. The van der Waals surface area contributed by atoms with Crippen molar-refractivity contribution in [3.05, 3.63) is 229 Å². The second-order valence-corrected chi connectivity index (χ2v) is 17.5. The van der Waals surface area contributed by atoms with Gasteiger partial charge in [-0.2, -0.15) is 0 Å². The minimum Gasteiger partial charge on any atom is -0.460 e. The minimum absolute atomic E-state index is 0.530. The van der Waals surface area contributed by atoms with Crippen LogP contribution < -0.4 is 5.73 Å². The first kappa shape index (κ1) is 41.5. The van der Waals surface area contributed by atoms with Crippen LogP contribution in [-0.2, 0) is 6.42 Å². The van der Waals surface area contributed by atoms with Crippen molar-refractivity contribution in [1.82, 2.24) is 13.7 Å². The number of furan rings is 1. The van der Waals surface area contributed by atoms with E-state index in [1.807, 2.05) is 25.1 Å². The highest BCUT2D eigenvalue weighted by Gasteiger charge is 2.24. The quantitative estimate of drug-likeness (QED) is 0.138. The van der Waals surface area contributed by atoms with E-state index in [4.69, 9.17) is 20.1 Å². The standard InChI is InChI=1S/C59H41N5O.C3H7N/c1-37(39-17-5-3-6-18-39)60-59(61-38(2)40-29-34-56-50(35-40)46-24-12-16-28-55(46)65-56)64-53-27-15-10-22-44(53)48-32-31-47-43-21-9-14-26-52(43)63(57(47)58(48)64)42-30-33-54-49(36-42)45-23-11-13-25-51(45)62(54)41-19-7-4-8-20-41;1-2-3-4/h3-15,17-27,29-36H,1,16,28H2,2H3;2-3H,4H2,1H3/b60-59?,61-38+;3-2+. The Morgan fingerprint density at radius 2 is 1.17 bits per heavy atom. The summed E-state index contributed by atoms with van der Waals surface area (Å²) in [5, 5.41) is 8.04. The van der Waals surface area contributed by atoms with Crippen LogP contribution >= 0.6 is 0 Å². The number of aryl methyl sites for hydroxylation is 1. The molecule has 1 aliphatic carbocycles. The van der Waals surface area contributed by atoms with Crippen molar-refractivity contribution < 1.29 is 4.42 Å². The first-order chi connectivity index (χ1) is 34.0. The normalized spacial score (nSPS) is 13.1. The molecule has 0 amide bonds. The number of rotatable bonds is 5. The van der Waals surface area contributed by atoms with Gasteiger partial charge in [-0.05, 0) is 104 Å². The molecule has 0 bridgehead atoms. The van der Waals surface area contributed by atoms with Crippen molar-refractivity contribution in [2.75, 3.05) is 0 Å². The van der Waals surface area contributed by atoms with E-state index >= 15 is 0 Å². The zero-order valence-electron chi connectivity index (χ0n) is 38.5. The van der Waals surface area contributed by atoms with E-state index in [-0.39, 0.29) is 0 Å². The molecule has 69 heavy (non-hydrogen) atoms. The van der Waals surface area contributed by atoms with Crippen molar-refractivity contribution in [2.45, 2.75) is 26.7 Å². The maximum atomic E-state index is 6.31. The van der Waals surface area contributed by atoms with Gasteiger partial charge in [0.05, 0.1) is 38.8 Å². The first-order valence-electron chi connectivity index (χ1n) is 23.5. The Labute approximate surface area is 399 Å². The van der Waals surface area contributed by atoms with Crippen LogP contribution in [0.1, 0.15) is 42.7 Å². The molecule has 7 heteroatoms. The lowest BCUT2D eigenvalue weighted by molar-refractivity contribution is 0.546. The lowest BCUT2D eigenvalue weighted by atomic mass is 10.0. The average molecular weight is 893 g/mol. The van der Waals surface area contributed by atoms with Gasteiger partial charge in [0.2, 0.25) is 5.96 Å². The molecule has 12 aromatic rings. The van der Waals surface area contributed by atoms with Crippen LogP contribution in [0.2, 0.25) is 0 Å². The first-order valence-corrected chi connectivity index (χ1v) is 23.5. The van der Waals surface area contributed by atoms with E-state index in [2.05, 4.69) is 203 Å². The predicted molar refractivity (Wildman–Crippen MR) is 291 cm³/mol. The van der Waals surface area contributed by atoms with Gasteiger partial charge in [-0.25, -0.2) is 9.98 Å². The van der Waals surface area contributed by atoms with Crippen molar-refractivity contribution in [2.24, 2.45) is 15.7 Å². The molecular formula is C62H48N6O. The van der Waals surface area contributed by atoms with E-state index in [1.54, 1.807) is 6.08 Å². The van der Waals surface area contributed by atoms with Gasteiger partial charge in [0.1, 0.15) is 11.3 Å². The zero-order valence-corrected chi connectivity index (χ0v) is 38.5. The lowest BCUT2D eigenvalue weighted by Gasteiger charge is -2.14. The van der Waals surface area contributed by atoms with Gasteiger partial charge in [-0.15, -0.1) is 0 Å². The molecule has 0 fully saturated rings. The molecule has 0 saturated carbocycles. The van der Waals surface area contributed by atoms with Gasteiger partial charge in [-0.1, -0.05) is 140 Å². The van der Waals surface area contributed by atoms with Gasteiger partial charge in [0.25, 0.3) is 0 Å². The molecule has 4 heterocycles. The molecule has 1 aliphatic rings. The number of fused-ring (bicyclic) bond motifs is 13. The third-order valence-corrected chi connectivity index (χ3v) is 13.4. The Morgan fingerprint density at radius 1 is 0.565 bits per heavy atom. The number of nitrogens with two attached hydrogens (primary N) is 1. The van der Waals surface area contributed by atoms with Crippen molar-refractivity contribution in [3.63, 3.8) is 0 Å². The van der Waals surface area contributed by atoms with Gasteiger partial charge in [0, 0.05) is 66.8 Å². The number of para-hydroxylation sites is 4. The molecule has 2 N–H and O–H groups in total. The highest BCUT2D eigenvalue weighted by atomic mass is 16.3. The summed E-state index contributed by atoms with van der Waals surface area (Å²) in [6.45, 7) is 8.49. The van der Waals surface area contributed by atoms with Crippen LogP contribution in [0.4, 0.5) is 0 Å². The molecule has 4 aromatic heterocycles. The van der Waals surface area contributed by atoms with Crippen molar-refractivity contribution in [1.29, 1.82) is 0 Å².